The van der Waals surface area contributed by atoms with Crippen LogP contribution in [0.3, 0.4) is 0 Å². The number of ether oxygens (including phenoxy) is 1. The van der Waals surface area contributed by atoms with Crippen LogP contribution in [0.4, 0.5) is 0 Å². The third kappa shape index (κ3) is 1.85. The van der Waals surface area contributed by atoms with E-state index in [9.17, 15) is 4.79 Å². The molecule has 1 aromatic heterocycles. The molecule has 1 amide bonds. The van der Waals surface area contributed by atoms with Crippen LogP contribution in [-0.4, -0.2) is 24.0 Å². The van der Waals surface area contributed by atoms with Crippen LogP contribution in [0, 0.1) is 5.41 Å². The Morgan fingerprint density at radius 1 is 1.50 bits per heavy atom. The monoisotopic (exact) mass is 246 g/mol. The SMILES string of the molecule is CNC(=O)c1cccnc1OC1CC2(CCC2)C1. The minimum atomic E-state index is -0.143. The zero-order chi connectivity index (χ0) is 12.6. The van der Waals surface area contributed by atoms with Crippen molar-refractivity contribution in [2.75, 3.05) is 7.05 Å². The maximum atomic E-state index is 11.7. The lowest BCUT2D eigenvalue weighted by Gasteiger charge is -2.53. The number of carbonyl (C=O) groups is 1. The van der Waals surface area contributed by atoms with Gasteiger partial charge < -0.3 is 10.1 Å². The van der Waals surface area contributed by atoms with Gasteiger partial charge in [-0.3, -0.25) is 4.79 Å². The summed E-state index contributed by atoms with van der Waals surface area (Å²) in [5, 5.41) is 2.61. The predicted molar refractivity (Wildman–Crippen MR) is 67.6 cm³/mol. The molecule has 0 atom stereocenters. The number of nitrogens with zero attached hydrogens (tertiary/aromatic N) is 1. The first kappa shape index (κ1) is 11.5. The van der Waals surface area contributed by atoms with Crippen molar-refractivity contribution in [3.05, 3.63) is 23.9 Å². The molecule has 1 spiro atoms. The normalized spacial score (nSPS) is 20.9. The van der Waals surface area contributed by atoms with Gasteiger partial charge in [-0.25, -0.2) is 4.98 Å². The van der Waals surface area contributed by atoms with E-state index in [-0.39, 0.29) is 12.0 Å². The Bertz CT molecular complexity index is 461. The van der Waals surface area contributed by atoms with Crippen molar-refractivity contribution in [3.8, 4) is 5.88 Å². The van der Waals surface area contributed by atoms with E-state index in [1.165, 1.54) is 19.3 Å². The molecule has 2 saturated carbocycles. The van der Waals surface area contributed by atoms with Crippen LogP contribution in [-0.2, 0) is 0 Å². The lowest BCUT2D eigenvalue weighted by Crippen LogP contribution is -2.48. The Labute approximate surface area is 107 Å². The van der Waals surface area contributed by atoms with Crippen molar-refractivity contribution in [2.45, 2.75) is 38.2 Å². The molecule has 0 radical (unpaired) electrons. The van der Waals surface area contributed by atoms with Crippen molar-refractivity contribution in [3.63, 3.8) is 0 Å². The van der Waals surface area contributed by atoms with Crippen LogP contribution in [0.15, 0.2) is 18.3 Å². The summed E-state index contributed by atoms with van der Waals surface area (Å²) in [5.41, 5.74) is 1.10. The fourth-order valence-electron chi connectivity index (χ4n) is 3.02. The van der Waals surface area contributed by atoms with Gasteiger partial charge >= 0.3 is 0 Å². The van der Waals surface area contributed by atoms with E-state index in [1.54, 1.807) is 25.4 Å². The number of pyridine rings is 1. The first-order chi connectivity index (χ1) is 8.72. The Hall–Kier alpha value is -1.58. The molecule has 1 aromatic rings. The van der Waals surface area contributed by atoms with Gasteiger partial charge in [0, 0.05) is 13.2 Å². The van der Waals surface area contributed by atoms with E-state index >= 15 is 0 Å². The van der Waals surface area contributed by atoms with Gasteiger partial charge in [0.25, 0.3) is 5.91 Å². The maximum Gasteiger partial charge on any atom is 0.256 e. The molecule has 4 nitrogen and oxygen atoms in total. The molecule has 0 aromatic carbocycles. The van der Waals surface area contributed by atoms with Gasteiger partial charge in [-0.05, 0) is 43.2 Å². The number of nitrogens with one attached hydrogen (secondary N) is 1. The summed E-state index contributed by atoms with van der Waals surface area (Å²) in [7, 11) is 1.62. The van der Waals surface area contributed by atoms with Crippen LogP contribution in [0.25, 0.3) is 0 Å². The molecule has 18 heavy (non-hydrogen) atoms. The van der Waals surface area contributed by atoms with E-state index in [4.69, 9.17) is 4.74 Å². The van der Waals surface area contributed by atoms with Gasteiger partial charge in [-0.2, -0.15) is 0 Å². The summed E-state index contributed by atoms with van der Waals surface area (Å²) in [5.74, 6) is 0.326. The summed E-state index contributed by atoms with van der Waals surface area (Å²) in [6, 6.07) is 3.50. The average molecular weight is 246 g/mol. The second kappa shape index (κ2) is 4.26. The fourth-order valence-corrected chi connectivity index (χ4v) is 3.02. The van der Waals surface area contributed by atoms with E-state index in [0.29, 0.717) is 16.9 Å². The van der Waals surface area contributed by atoms with Gasteiger partial charge in [-0.1, -0.05) is 6.42 Å². The molecule has 96 valence electrons. The standard InChI is InChI=1S/C14H18N2O2/c1-15-12(17)11-4-2-7-16-13(11)18-10-8-14(9-10)5-3-6-14/h2,4,7,10H,3,5-6,8-9H2,1H3,(H,15,17). The highest BCUT2D eigenvalue weighted by Gasteiger charge is 2.49. The topological polar surface area (TPSA) is 51.2 Å². The predicted octanol–water partition coefficient (Wildman–Crippen LogP) is 2.15. The van der Waals surface area contributed by atoms with Crippen LogP contribution in [0.1, 0.15) is 42.5 Å². The molecule has 0 bridgehead atoms. The molecule has 0 unspecified atom stereocenters. The van der Waals surface area contributed by atoms with Crippen LogP contribution >= 0.6 is 0 Å². The van der Waals surface area contributed by atoms with Gasteiger partial charge in [0.1, 0.15) is 11.7 Å². The third-order valence-corrected chi connectivity index (χ3v) is 4.26. The Kier molecular flexibility index (Phi) is 2.73. The zero-order valence-corrected chi connectivity index (χ0v) is 10.6. The zero-order valence-electron chi connectivity index (χ0n) is 10.6. The third-order valence-electron chi connectivity index (χ3n) is 4.26. The number of hydrogen-bond acceptors (Lipinski definition) is 3. The Morgan fingerprint density at radius 2 is 2.28 bits per heavy atom. The lowest BCUT2D eigenvalue weighted by atomic mass is 9.55. The first-order valence-corrected chi connectivity index (χ1v) is 6.56. The number of hydrogen-bond donors (Lipinski definition) is 1. The summed E-state index contributed by atoms with van der Waals surface area (Å²) < 4.78 is 5.86. The fraction of sp³-hybridized carbons (Fsp3) is 0.571. The van der Waals surface area contributed by atoms with Gasteiger partial charge in [0.05, 0.1) is 0 Å². The van der Waals surface area contributed by atoms with Crippen molar-refractivity contribution >= 4 is 5.91 Å². The molecule has 2 fully saturated rings. The van der Waals surface area contributed by atoms with Crippen LogP contribution in [0.2, 0.25) is 0 Å². The van der Waals surface area contributed by atoms with Crippen LogP contribution < -0.4 is 10.1 Å². The summed E-state index contributed by atoms with van der Waals surface area (Å²) >= 11 is 0. The van der Waals surface area contributed by atoms with E-state index in [1.807, 2.05) is 0 Å². The minimum Gasteiger partial charge on any atom is -0.474 e. The largest absolute Gasteiger partial charge is 0.474 e. The van der Waals surface area contributed by atoms with Crippen LogP contribution in [0.5, 0.6) is 5.88 Å². The summed E-state index contributed by atoms with van der Waals surface area (Å²) in [6.45, 7) is 0. The Balaban J connectivity index is 1.67. The molecule has 4 heteroatoms. The van der Waals surface area contributed by atoms with Gasteiger partial charge in [-0.15, -0.1) is 0 Å². The second-order valence-corrected chi connectivity index (χ2v) is 5.44. The number of carbonyl (C=O) groups excluding carboxylic acids is 1. The van der Waals surface area contributed by atoms with Crippen molar-refractivity contribution < 1.29 is 9.53 Å². The molecule has 0 saturated heterocycles. The van der Waals surface area contributed by atoms with Crippen molar-refractivity contribution in [2.24, 2.45) is 5.41 Å². The molecule has 0 aliphatic heterocycles. The highest BCUT2D eigenvalue weighted by atomic mass is 16.5. The molecular formula is C14H18N2O2. The summed E-state index contributed by atoms with van der Waals surface area (Å²) in [6.07, 6.45) is 8.20. The first-order valence-electron chi connectivity index (χ1n) is 6.56. The molecule has 1 heterocycles. The highest BCUT2D eigenvalue weighted by molar-refractivity contribution is 5.96. The lowest BCUT2D eigenvalue weighted by molar-refractivity contribution is -0.0698. The number of amides is 1. The van der Waals surface area contributed by atoms with Crippen molar-refractivity contribution in [1.82, 2.24) is 10.3 Å². The van der Waals surface area contributed by atoms with E-state index in [0.717, 1.165) is 12.8 Å². The molecule has 2 aliphatic carbocycles. The molecule has 1 N–H and O–H groups in total. The van der Waals surface area contributed by atoms with Gasteiger partial charge in [0.15, 0.2) is 0 Å². The van der Waals surface area contributed by atoms with E-state index < -0.39 is 0 Å². The smallest absolute Gasteiger partial charge is 0.256 e. The highest BCUT2D eigenvalue weighted by Crippen LogP contribution is 2.56. The Morgan fingerprint density at radius 3 is 2.89 bits per heavy atom. The molecule has 3 rings (SSSR count). The average Bonchev–Trinajstić information content (AvgIpc) is 2.30. The maximum absolute atomic E-state index is 11.7. The van der Waals surface area contributed by atoms with E-state index in [2.05, 4.69) is 10.3 Å². The second-order valence-electron chi connectivity index (χ2n) is 5.44. The minimum absolute atomic E-state index is 0.143. The summed E-state index contributed by atoms with van der Waals surface area (Å²) in [4.78, 5) is 15.9. The number of aromatic nitrogens is 1. The molecular weight excluding hydrogens is 228 g/mol. The quantitative estimate of drug-likeness (QED) is 0.889. The molecule has 2 aliphatic rings. The van der Waals surface area contributed by atoms with Crippen molar-refractivity contribution in [1.29, 1.82) is 0 Å². The van der Waals surface area contributed by atoms with Gasteiger partial charge in [0.2, 0.25) is 5.88 Å². The number of rotatable bonds is 3.